The molecule has 0 N–H and O–H groups in total. The van der Waals surface area contributed by atoms with Gasteiger partial charge in [-0.25, -0.2) is 0 Å². The molecule has 0 atom stereocenters. The summed E-state index contributed by atoms with van der Waals surface area (Å²) in [4.78, 5) is 10.2. The second-order valence-electron chi connectivity index (χ2n) is 1.41. The van der Waals surface area contributed by atoms with Crippen molar-refractivity contribution in [2.45, 2.75) is 6.92 Å². The summed E-state index contributed by atoms with van der Waals surface area (Å²) in [6, 6.07) is 0. The van der Waals surface area contributed by atoms with Gasteiger partial charge in [-0.15, -0.1) is 0 Å². The molecule has 0 spiro atoms. The highest BCUT2D eigenvalue weighted by atomic mass is 32.2. The van der Waals surface area contributed by atoms with E-state index in [1.807, 2.05) is 0 Å². The molecule has 0 aliphatic carbocycles. The van der Waals surface area contributed by atoms with Gasteiger partial charge in [0.05, 0.1) is 0 Å². The van der Waals surface area contributed by atoms with E-state index in [0.717, 1.165) is 0 Å². The highest BCUT2D eigenvalue weighted by Gasteiger charge is 2.00. The van der Waals surface area contributed by atoms with Crippen LogP contribution in [0.25, 0.3) is 0 Å². The molecule has 0 unspecified atom stereocenters. The standard InChI is InChI=1S/C5H5NO3S2/c1-4(7)8-2-5(10)9-11-3-6/h2H2,1H3. The molecule has 6 heteroatoms. The normalized spacial score (nSPS) is 8.00. The highest BCUT2D eigenvalue weighted by molar-refractivity contribution is 8.00. The fourth-order valence-electron chi connectivity index (χ4n) is 0.250. The third kappa shape index (κ3) is 7.09. The topological polar surface area (TPSA) is 59.3 Å². The summed E-state index contributed by atoms with van der Waals surface area (Å²) >= 11 is 5.11. The van der Waals surface area contributed by atoms with Crippen LogP contribution in [0.4, 0.5) is 0 Å². The Kier molecular flexibility index (Phi) is 5.51. The Bertz CT molecular complexity index is 198. The average Bonchev–Trinajstić information content (AvgIpc) is 1.97. The maximum absolute atomic E-state index is 10.2. The Morgan fingerprint density at radius 3 is 2.91 bits per heavy atom. The zero-order chi connectivity index (χ0) is 8.69. The molecular formula is C5H5NO3S2. The van der Waals surface area contributed by atoms with Crippen molar-refractivity contribution in [2.24, 2.45) is 0 Å². The Morgan fingerprint density at radius 1 is 1.82 bits per heavy atom. The summed E-state index contributed by atoms with van der Waals surface area (Å²) in [7, 11) is 0. The Morgan fingerprint density at radius 2 is 2.45 bits per heavy atom. The quantitative estimate of drug-likeness (QED) is 0.287. The van der Waals surface area contributed by atoms with Crippen LogP contribution in [-0.4, -0.2) is 17.6 Å². The minimum absolute atomic E-state index is 0.0757. The van der Waals surface area contributed by atoms with E-state index in [1.54, 1.807) is 5.40 Å². The first-order valence-electron chi connectivity index (χ1n) is 2.55. The predicted molar refractivity (Wildman–Crippen MR) is 43.5 cm³/mol. The van der Waals surface area contributed by atoms with Crippen LogP contribution in [0.3, 0.4) is 0 Å². The number of thiocyanates is 1. The van der Waals surface area contributed by atoms with E-state index in [9.17, 15) is 4.79 Å². The number of nitrogens with zero attached hydrogens (tertiary/aromatic N) is 1. The summed E-state index contributed by atoms with van der Waals surface area (Å²) in [5.74, 6) is -0.432. The molecule has 60 valence electrons. The Labute approximate surface area is 73.7 Å². The number of thiocarbonyl (C=S) groups is 1. The first-order valence-corrected chi connectivity index (χ1v) is 3.70. The average molecular weight is 191 g/mol. The molecule has 0 aliphatic heterocycles. The van der Waals surface area contributed by atoms with Gasteiger partial charge in [0.25, 0.3) is 0 Å². The molecule has 0 amide bonds. The minimum atomic E-state index is -0.432. The number of ether oxygens (including phenoxy) is 1. The van der Waals surface area contributed by atoms with Crippen molar-refractivity contribution in [3.63, 3.8) is 0 Å². The lowest BCUT2D eigenvalue weighted by atomic mass is 10.7. The van der Waals surface area contributed by atoms with Gasteiger partial charge in [-0.05, 0) is 12.2 Å². The number of rotatable bonds is 3. The molecular weight excluding hydrogens is 186 g/mol. The molecule has 0 bridgehead atoms. The van der Waals surface area contributed by atoms with Crippen LogP contribution in [-0.2, 0) is 13.7 Å². The van der Waals surface area contributed by atoms with E-state index in [4.69, 9.17) is 5.26 Å². The van der Waals surface area contributed by atoms with E-state index in [0.29, 0.717) is 12.0 Å². The van der Waals surface area contributed by atoms with Crippen molar-refractivity contribution < 1.29 is 13.7 Å². The third-order valence-corrected chi connectivity index (χ3v) is 1.23. The van der Waals surface area contributed by atoms with Gasteiger partial charge in [-0.3, -0.25) is 4.79 Å². The number of esters is 1. The van der Waals surface area contributed by atoms with Crippen LogP contribution in [0.15, 0.2) is 0 Å². The second kappa shape index (κ2) is 5.95. The molecule has 11 heavy (non-hydrogen) atoms. The zero-order valence-electron chi connectivity index (χ0n) is 5.70. The van der Waals surface area contributed by atoms with Crippen molar-refractivity contribution in [3.05, 3.63) is 0 Å². The molecule has 0 aromatic heterocycles. The van der Waals surface area contributed by atoms with Gasteiger partial charge in [0, 0.05) is 6.92 Å². The number of hydrogen-bond acceptors (Lipinski definition) is 6. The molecule has 0 aliphatic rings. The maximum Gasteiger partial charge on any atom is 0.303 e. The van der Waals surface area contributed by atoms with E-state index in [2.05, 4.69) is 21.1 Å². The third-order valence-electron chi connectivity index (χ3n) is 0.565. The van der Waals surface area contributed by atoms with Gasteiger partial charge in [-0.1, -0.05) is 0 Å². The lowest BCUT2D eigenvalue weighted by Crippen LogP contribution is -2.09. The lowest BCUT2D eigenvalue weighted by Gasteiger charge is -2.00. The Hall–Kier alpha value is -0.800. The predicted octanol–water partition coefficient (Wildman–Crippen LogP) is 1.02. The van der Waals surface area contributed by atoms with Crippen molar-refractivity contribution in [1.29, 1.82) is 5.26 Å². The van der Waals surface area contributed by atoms with Crippen LogP contribution < -0.4 is 0 Å². The highest BCUT2D eigenvalue weighted by Crippen LogP contribution is 2.00. The van der Waals surface area contributed by atoms with Crippen LogP contribution in [0.5, 0.6) is 0 Å². The van der Waals surface area contributed by atoms with Gasteiger partial charge in [-0.2, -0.15) is 5.26 Å². The fourth-order valence-corrected chi connectivity index (χ4v) is 0.589. The van der Waals surface area contributed by atoms with Crippen LogP contribution in [0.1, 0.15) is 6.92 Å². The molecule has 0 aromatic rings. The van der Waals surface area contributed by atoms with Gasteiger partial charge in [0.1, 0.15) is 0 Å². The molecule has 0 aromatic carbocycles. The van der Waals surface area contributed by atoms with Crippen molar-refractivity contribution in [1.82, 2.24) is 0 Å². The maximum atomic E-state index is 10.2. The number of nitriles is 1. The van der Waals surface area contributed by atoms with Crippen molar-refractivity contribution in [3.8, 4) is 5.40 Å². The van der Waals surface area contributed by atoms with E-state index < -0.39 is 5.97 Å². The van der Waals surface area contributed by atoms with Crippen LogP contribution >= 0.6 is 24.3 Å². The number of carbonyl (C=O) groups is 1. The summed E-state index contributed by atoms with van der Waals surface area (Å²) in [5.41, 5.74) is 0. The Balaban J connectivity index is 3.39. The molecule has 0 saturated heterocycles. The first kappa shape index (κ1) is 10.2. The summed E-state index contributed by atoms with van der Waals surface area (Å²) < 4.78 is 9.02. The molecule has 4 nitrogen and oxygen atoms in total. The van der Waals surface area contributed by atoms with Gasteiger partial charge in [0.2, 0.25) is 5.05 Å². The van der Waals surface area contributed by atoms with Crippen LogP contribution in [0, 0.1) is 10.7 Å². The molecule has 0 saturated carbocycles. The molecule has 0 heterocycles. The van der Waals surface area contributed by atoms with Gasteiger partial charge >= 0.3 is 5.97 Å². The second-order valence-corrected chi connectivity index (χ2v) is 2.38. The molecule has 0 fully saturated rings. The summed E-state index contributed by atoms with van der Waals surface area (Å²) in [5, 5.41) is 9.74. The van der Waals surface area contributed by atoms with E-state index in [-0.39, 0.29) is 11.7 Å². The van der Waals surface area contributed by atoms with Crippen molar-refractivity contribution in [2.75, 3.05) is 6.61 Å². The molecule has 0 rings (SSSR count). The van der Waals surface area contributed by atoms with E-state index >= 15 is 0 Å². The van der Waals surface area contributed by atoms with Crippen LogP contribution in [0.2, 0.25) is 0 Å². The summed E-state index contributed by atoms with van der Waals surface area (Å²) in [6.45, 7) is 1.18. The zero-order valence-corrected chi connectivity index (χ0v) is 7.33. The fraction of sp³-hybridized carbons (Fsp3) is 0.400. The monoisotopic (exact) mass is 191 g/mol. The SMILES string of the molecule is CC(=O)OCC(=S)OSC#N. The number of carbonyl (C=O) groups excluding carboxylic acids is 1. The first-order chi connectivity index (χ1) is 5.16. The lowest BCUT2D eigenvalue weighted by molar-refractivity contribution is -0.139. The minimum Gasteiger partial charge on any atom is -0.457 e. The van der Waals surface area contributed by atoms with Gasteiger partial charge in [0.15, 0.2) is 24.1 Å². The largest absolute Gasteiger partial charge is 0.457 e. The van der Waals surface area contributed by atoms with E-state index in [1.165, 1.54) is 6.92 Å². The van der Waals surface area contributed by atoms with Gasteiger partial charge < -0.3 is 8.92 Å². The molecule has 0 radical (unpaired) electrons. The smallest absolute Gasteiger partial charge is 0.303 e. The summed E-state index contributed by atoms with van der Waals surface area (Å²) in [6.07, 6.45) is 0. The number of hydrogen-bond donors (Lipinski definition) is 0. The van der Waals surface area contributed by atoms with Crippen molar-refractivity contribution >= 4 is 35.3 Å².